The van der Waals surface area contributed by atoms with Gasteiger partial charge in [0.05, 0.1) is 11.3 Å². The molecule has 6 nitrogen and oxygen atoms in total. The number of nitrogens with zero attached hydrogens (tertiary/aromatic N) is 3. The summed E-state index contributed by atoms with van der Waals surface area (Å²) in [4.78, 5) is 32.8. The molecule has 2 amide bonds. The number of aromatic hydroxyl groups is 1. The van der Waals surface area contributed by atoms with Crippen LogP contribution in [-0.4, -0.2) is 57.9 Å². The molecule has 6 heteroatoms. The lowest BCUT2D eigenvalue weighted by molar-refractivity contribution is -0.128. The molecular formula is C22H25N3O3. The van der Waals surface area contributed by atoms with E-state index in [1.165, 1.54) is 0 Å². The second-order valence-electron chi connectivity index (χ2n) is 7.66. The average Bonchev–Trinajstić information content (AvgIpc) is 3.13. The molecule has 2 fully saturated rings. The van der Waals surface area contributed by atoms with Gasteiger partial charge in [0.2, 0.25) is 5.91 Å². The minimum Gasteiger partial charge on any atom is -0.508 e. The highest BCUT2D eigenvalue weighted by atomic mass is 16.3. The van der Waals surface area contributed by atoms with Crippen LogP contribution in [0, 0.1) is 5.92 Å². The summed E-state index contributed by atoms with van der Waals surface area (Å²) in [6, 6.07) is 10.5. The second kappa shape index (κ2) is 8.00. The number of pyridine rings is 1. The van der Waals surface area contributed by atoms with Gasteiger partial charge in [-0.25, -0.2) is 0 Å². The number of hydrogen-bond donors (Lipinski definition) is 1. The Balaban J connectivity index is 1.34. The van der Waals surface area contributed by atoms with Crippen molar-refractivity contribution < 1.29 is 14.7 Å². The number of rotatable bonds is 4. The number of carbonyl (C=O) groups excluding carboxylic acids is 2. The van der Waals surface area contributed by atoms with Gasteiger partial charge in [-0.05, 0) is 49.4 Å². The van der Waals surface area contributed by atoms with E-state index in [1.54, 1.807) is 30.5 Å². The number of hydrogen-bond acceptors (Lipinski definition) is 4. The normalized spacial score (nSPS) is 17.9. The molecule has 146 valence electrons. The lowest BCUT2D eigenvalue weighted by Gasteiger charge is -2.34. The molecule has 0 bridgehead atoms. The SMILES string of the molecule is O=C1CCCN1CC1CCN(C(=O)c2ccc(-c3cccc(O)c3)nc2)CC1. The summed E-state index contributed by atoms with van der Waals surface area (Å²) >= 11 is 0. The van der Waals surface area contributed by atoms with Gasteiger partial charge in [-0.1, -0.05) is 12.1 Å². The van der Waals surface area contributed by atoms with Gasteiger partial charge in [-0.2, -0.15) is 0 Å². The van der Waals surface area contributed by atoms with E-state index in [-0.39, 0.29) is 17.6 Å². The Kier molecular flexibility index (Phi) is 5.28. The molecule has 28 heavy (non-hydrogen) atoms. The predicted molar refractivity (Wildman–Crippen MR) is 106 cm³/mol. The van der Waals surface area contributed by atoms with E-state index in [0.29, 0.717) is 17.9 Å². The zero-order valence-corrected chi connectivity index (χ0v) is 15.9. The number of benzene rings is 1. The van der Waals surface area contributed by atoms with Crippen LogP contribution in [-0.2, 0) is 4.79 Å². The molecule has 1 aromatic carbocycles. The van der Waals surface area contributed by atoms with Gasteiger partial charge in [0.1, 0.15) is 5.75 Å². The summed E-state index contributed by atoms with van der Waals surface area (Å²) in [5, 5.41) is 9.60. The molecule has 0 spiro atoms. The molecule has 3 heterocycles. The fourth-order valence-corrected chi connectivity index (χ4v) is 4.07. The fraction of sp³-hybridized carbons (Fsp3) is 0.409. The summed E-state index contributed by atoms with van der Waals surface area (Å²) in [6.07, 6.45) is 5.13. The third kappa shape index (κ3) is 4.01. The van der Waals surface area contributed by atoms with Crippen LogP contribution in [0.2, 0.25) is 0 Å². The standard InChI is InChI=1S/C22H25N3O3/c26-19-4-1-3-17(13-19)20-7-6-18(14-23-20)22(28)24-11-8-16(9-12-24)15-25-10-2-5-21(25)27/h1,3-4,6-7,13-14,16,26H,2,5,8-12,15H2. The largest absolute Gasteiger partial charge is 0.508 e. The number of aromatic nitrogens is 1. The first kappa shape index (κ1) is 18.5. The van der Waals surface area contributed by atoms with Crippen LogP contribution in [0.15, 0.2) is 42.6 Å². The van der Waals surface area contributed by atoms with Crippen LogP contribution in [0.3, 0.4) is 0 Å². The summed E-state index contributed by atoms with van der Waals surface area (Å²) in [5.41, 5.74) is 2.12. The number of carbonyl (C=O) groups is 2. The van der Waals surface area contributed by atoms with Gasteiger partial charge in [0, 0.05) is 44.4 Å². The quantitative estimate of drug-likeness (QED) is 0.886. The molecule has 2 aliphatic heterocycles. The molecule has 1 aromatic heterocycles. The maximum atomic E-state index is 12.8. The summed E-state index contributed by atoms with van der Waals surface area (Å²) in [5.74, 6) is 0.956. The van der Waals surface area contributed by atoms with Gasteiger partial charge in [-0.3, -0.25) is 14.6 Å². The lowest BCUT2D eigenvalue weighted by atomic mass is 9.95. The number of likely N-dealkylation sites (tertiary alicyclic amines) is 2. The molecule has 2 aromatic rings. The molecule has 0 aliphatic carbocycles. The first-order valence-electron chi connectivity index (χ1n) is 9.92. The van der Waals surface area contributed by atoms with Crippen LogP contribution >= 0.6 is 0 Å². The van der Waals surface area contributed by atoms with Gasteiger partial charge in [0.25, 0.3) is 5.91 Å². The van der Waals surface area contributed by atoms with Gasteiger partial charge in [0.15, 0.2) is 0 Å². The first-order valence-corrected chi connectivity index (χ1v) is 9.92. The van der Waals surface area contributed by atoms with Gasteiger partial charge in [-0.15, -0.1) is 0 Å². The molecule has 1 N–H and O–H groups in total. The zero-order valence-electron chi connectivity index (χ0n) is 15.9. The molecule has 0 unspecified atom stereocenters. The second-order valence-corrected chi connectivity index (χ2v) is 7.66. The maximum absolute atomic E-state index is 12.8. The number of phenols is 1. The fourth-order valence-electron chi connectivity index (χ4n) is 4.07. The van der Waals surface area contributed by atoms with E-state index < -0.39 is 0 Å². The summed E-state index contributed by atoms with van der Waals surface area (Å²) < 4.78 is 0. The van der Waals surface area contributed by atoms with Gasteiger partial charge >= 0.3 is 0 Å². The van der Waals surface area contributed by atoms with Crippen LogP contribution in [0.4, 0.5) is 0 Å². The van der Waals surface area contributed by atoms with Crippen molar-refractivity contribution in [1.82, 2.24) is 14.8 Å². The molecular weight excluding hydrogens is 354 g/mol. The molecule has 4 rings (SSSR count). The van der Waals surface area contributed by atoms with Crippen LogP contribution in [0.25, 0.3) is 11.3 Å². The lowest BCUT2D eigenvalue weighted by Crippen LogP contribution is -2.41. The minimum atomic E-state index is 0.00524. The van der Waals surface area contributed by atoms with Crippen LogP contribution in [0.5, 0.6) is 5.75 Å². The molecule has 0 atom stereocenters. The van der Waals surface area contributed by atoms with E-state index in [1.807, 2.05) is 21.9 Å². The Labute approximate surface area is 164 Å². The van der Waals surface area contributed by atoms with E-state index in [0.717, 1.165) is 56.7 Å². The highest BCUT2D eigenvalue weighted by Crippen LogP contribution is 2.24. The first-order chi connectivity index (χ1) is 13.6. The van der Waals surface area contributed by atoms with E-state index in [9.17, 15) is 14.7 Å². The van der Waals surface area contributed by atoms with Crippen molar-refractivity contribution >= 4 is 11.8 Å². The summed E-state index contributed by atoms with van der Waals surface area (Å²) in [6.45, 7) is 3.16. The van der Waals surface area contributed by atoms with Crippen molar-refractivity contribution in [3.05, 3.63) is 48.2 Å². The molecule has 2 saturated heterocycles. The Morgan fingerprint density at radius 3 is 2.61 bits per heavy atom. The van der Waals surface area contributed by atoms with Crippen LogP contribution in [0.1, 0.15) is 36.0 Å². The number of amides is 2. The highest BCUT2D eigenvalue weighted by Gasteiger charge is 2.28. The highest BCUT2D eigenvalue weighted by molar-refractivity contribution is 5.94. The molecule has 0 saturated carbocycles. The van der Waals surface area contributed by atoms with Crippen molar-refractivity contribution in [3.8, 4) is 17.0 Å². The average molecular weight is 379 g/mol. The van der Waals surface area contributed by atoms with E-state index in [2.05, 4.69) is 4.98 Å². The maximum Gasteiger partial charge on any atom is 0.255 e. The Morgan fingerprint density at radius 1 is 1.14 bits per heavy atom. The van der Waals surface area contributed by atoms with E-state index in [4.69, 9.17) is 0 Å². The minimum absolute atomic E-state index is 0.00524. The molecule has 2 aliphatic rings. The van der Waals surface area contributed by atoms with Crippen molar-refractivity contribution in [2.45, 2.75) is 25.7 Å². The third-order valence-electron chi connectivity index (χ3n) is 5.70. The number of phenolic OH excluding ortho intramolecular Hbond substituents is 1. The monoisotopic (exact) mass is 379 g/mol. The molecule has 0 radical (unpaired) electrons. The Morgan fingerprint density at radius 2 is 1.96 bits per heavy atom. The van der Waals surface area contributed by atoms with Crippen molar-refractivity contribution in [2.24, 2.45) is 5.92 Å². The Bertz CT molecular complexity index is 858. The van der Waals surface area contributed by atoms with Crippen molar-refractivity contribution in [3.63, 3.8) is 0 Å². The topological polar surface area (TPSA) is 73.7 Å². The summed E-state index contributed by atoms with van der Waals surface area (Å²) in [7, 11) is 0. The zero-order chi connectivity index (χ0) is 19.5. The van der Waals surface area contributed by atoms with Crippen molar-refractivity contribution in [2.75, 3.05) is 26.2 Å². The van der Waals surface area contributed by atoms with Gasteiger partial charge < -0.3 is 14.9 Å². The van der Waals surface area contributed by atoms with E-state index >= 15 is 0 Å². The smallest absolute Gasteiger partial charge is 0.255 e. The van der Waals surface area contributed by atoms with Crippen molar-refractivity contribution in [1.29, 1.82) is 0 Å². The number of piperidine rings is 1. The Hall–Kier alpha value is -2.89. The predicted octanol–water partition coefficient (Wildman–Crippen LogP) is 2.93. The third-order valence-corrected chi connectivity index (χ3v) is 5.70. The van der Waals surface area contributed by atoms with Crippen LogP contribution < -0.4 is 0 Å².